The van der Waals surface area contributed by atoms with Crippen LogP contribution >= 0.6 is 0 Å². The number of methoxy groups -OCH3 is 1. The second-order valence-corrected chi connectivity index (χ2v) is 3.80. The standard InChI is InChI=1S/C13H13NO/c1-15-12-6-4-11(5-7-12)13(10-14)8-2-3-9-13/h2-7H,8-9H2,1H3. The lowest BCUT2D eigenvalue weighted by atomic mass is 9.80. The van der Waals surface area contributed by atoms with Crippen LogP contribution in [-0.4, -0.2) is 7.11 Å². The van der Waals surface area contributed by atoms with E-state index < -0.39 is 0 Å². The van der Waals surface area contributed by atoms with Crippen molar-refractivity contribution in [2.45, 2.75) is 18.3 Å². The molecule has 1 aliphatic carbocycles. The molecule has 0 aliphatic heterocycles. The highest BCUT2D eigenvalue weighted by Gasteiger charge is 2.32. The molecule has 0 radical (unpaired) electrons. The molecule has 0 saturated heterocycles. The van der Waals surface area contributed by atoms with Gasteiger partial charge in [0.2, 0.25) is 0 Å². The molecule has 1 aromatic rings. The van der Waals surface area contributed by atoms with Crippen LogP contribution < -0.4 is 4.74 Å². The molecular weight excluding hydrogens is 186 g/mol. The minimum Gasteiger partial charge on any atom is -0.497 e. The van der Waals surface area contributed by atoms with Gasteiger partial charge >= 0.3 is 0 Å². The Hall–Kier alpha value is -1.75. The van der Waals surface area contributed by atoms with E-state index in [2.05, 4.69) is 18.2 Å². The van der Waals surface area contributed by atoms with E-state index in [0.717, 1.165) is 24.2 Å². The number of ether oxygens (including phenoxy) is 1. The quantitative estimate of drug-likeness (QED) is 0.686. The molecule has 1 aromatic carbocycles. The minimum absolute atomic E-state index is 0.341. The van der Waals surface area contributed by atoms with Crippen LogP contribution in [0.15, 0.2) is 36.4 Å². The van der Waals surface area contributed by atoms with Crippen LogP contribution in [0, 0.1) is 11.3 Å². The largest absolute Gasteiger partial charge is 0.497 e. The van der Waals surface area contributed by atoms with Crippen molar-refractivity contribution in [3.8, 4) is 11.8 Å². The summed E-state index contributed by atoms with van der Waals surface area (Å²) in [5.41, 5.74) is 0.738. The van der Waals surface area contributed by atoms with Crippen molar-refractivity contribution in [1.82, 2.24) is 0 Å². The van der Waals surface area contributed by atoms with Crippen LogP contribution in [0.4, 0.5) is 0 Å². The highest BCUT2D eigenvalue weighted by Crippen LogP contribution is 2.36. The number of nitriles is 1. The summed E-state index contributed by atoms with van der Waals surface area (Å²) in [5.74, 6) is 0.831. The van der Waals surface area contributed by atoms with Gasteiger partial charge in [-0.25, -0.2) is 0 Å². The van der Waals surface area contributed by atoms with Gasteiger partial charge in [0.05, 0.1) is 18.6 Å². The average molecular weight is 199 g/mol. The van der Waals surface area contributed by atoms with Crippen molar-refractivity contribution in [2.24, 2.45) is 0 Å². The third kappa shape index (κ3) is 1.61. The zero-order valence-electron chi connectivity index (χ0n) is 8.73. The van der Waals surface area contributed by atoms with Gasteiger partial charge in [-0.2, -0.15) is 5.26 Å². The molecule has 0 aromatic heterocycles. The van der Waals surface area contributed by atoms with Crippen LogP contribution in [0.3, 0.4) is 0 Å². The van der Waals surface area contributed by atoms with Gasteiger partial charge in [-0.1, -0.05) is 24.3 Å². The second kappa shape index (κ2) is 3.78. The molecule has 1 aliphatic rings. The van der Waals surface area contributed by atoms with Crippen LogP contribution in [0.1, 0.15) is 18.4 Å². The Morgan fingerprint density at radius 3 is 2.27 bits per heavy atom. The summed E-state index contributed by atoms with van der Waals surface area (Å²) in [4.78, 5) is 0. The summed E-state index contributed by atoms with van der Waals surface area (Å²) in [6.07, 6.45) is 5.78. The fourth-order valence-electron chi connectivity index (χ4n) is 1.95. The lowest BCUT2D eigenvalue weighted by Crippen LogP contribution is -2.19. The highest BCUT2D eigenvalue weighted by atomic mass is 16.5. The van der Waals surface area contributed by atoms with Gasteiger partial charge in [0.15, 0.2) is 0 Å². The van der Waals surface area contributed by atoms with Crippen molar-refractivity contribution in [3.63, 3.8) is 0 Å². The molecular formula is C13H13NO. The fraction of sp³-hybridized carbons (Fsp3) is 0.308. The topological polar surface area (TPSA) is 33.0 Å². The maximum absolute atomic E-state index is 9.28. The first-order valence-electron chi connectivity index (χ1n) is 5.01. The third-order valence-corrected chi connectivity index (χ3v) is 2.96. The maximum atomic E-state index is 9.28. The Morgan fingerprint density at radius 2 is 1.80 bits per heavy atom. The number of hydrogen-bond donors (Lipinski definition) is 0. The van der Waals surface area contributed by atoms with E-state index >= 15 is 0 Å². The summed E-state index contributed by atoms with van der Waals surface area (Å²) in [6.45, 7) is 0. The van der Waals surface area contributed by atoms with Gasteiger partial charge in [0.1, 0.15) is 5.75 Å². The van der Waals surface area contributed by atoms with Gasteiger partial charge in [-0.3, -0.25) is 0 Å². The lowest BCUT2D eigenvalue weighted by molar-refractivity contribution is 0.414. The SMILES string of the molecule is COc1ccc(C2(C#N)CC=CC2)cc1. The molecule has 2 rings (SSSR count). The molecule has 2 heteroatoms. The molecule has 0 amide bonds. The van der Waals surface area contributed by atoms with E-state index in [1.165, 1.54) is 0 Å². The molecule has 0 saturated carbocycles. The average Bonchev–Trinajstić information content (AvgIpc) is 2.79. The Bertz CT molecular complexity index is 403. The molecule has 15 heavy (non-hydrogen) atoms. The number of hydrogen-bond acceptors (Lipinski definition) is 2. The van der Waals surface area contributed by atoms with Crippen molar-refractivity contribution >= 4 is 0 Å². The molecule has 2 nitrogen and oxygen atoms in total. The normalized spacial score (nSPS) is 17.3. The van der Waals surface area contributed by atoms with E-state index in [1.807, 2.05) is 24.3 Å². The van der Waals surface area contributed by atoms with Gasteiger partial charge in [0, 0.05) is 0 Å². The van der Waals surface area contributed by atoms with Crippen molar-refractivity contribution in [2.75, 3.05) is 7.11 Å². The maximum Gasteiger partial charge on any atom is 0.118 e. The first-order chi connectivity index (χ1) is 7.30. The third-order valence-electron chi connectivity index (χ3n) is 2.96. The van der Waals surface area contributed by atoms with Crippen molar-refractivity contribution < 1.29 is 4.74 Å². The monoisotopic (exact) mass is 199 g/mol. The Balaban J connectivity index is 2.32. The van der Waals surface area contributed by atoms with Gasteiger partial charge in [-0.05, 0) is 30.5 Å². The number of nitrogens with zero attached hydrogens (tertiary/aromatic N) is 1. The first-order valence-corrected chi connectivity index (χ1v) is 5.01. The first kappa shape index (κ1) is 9.79. The van der Waals surface area contributed by atoms with E-state index in [9.17, 15) is 5.26 Å². The van der Waals surface area contributed by atoms with E-state index in [4.69, 9.17) is 4.74 Å². The zero-order chi connectivity index (χ0) is 10.7. The molecule has 0 atom stereocenters. The van der Waals surface area contributed by atoms with Gasteiger partial charge < -0.3 is 4.74 Å². The molecule has 76 valence electrons. The van der Waals surface area contributed by atoms with Crippen LogP contribution in [0.2, 0.25) is 0 Å². The van der Waals surface area contributed by atoms with Crippen LogP contribution in [0.25, 0.3) is 0 Å². The number of benzene rings is 1. The van der Waals surface area contributed by atoms with Crippen LogP contribution in [-0.2, 0) is 5.41 Å². The Labute approximate surface area is 89.8 Å². The molecule has 0 unspecified atom stereocenters. The van der Waals surface area contributed by atoms with E-state index in [-0.39, 0.29) is 5.41 Å². The molecule has 0 spiro atoms. The summed E-state index contributed by atoms with van der Waals surface area (Å²) in [5, 5.41) is 9.28. The van der Waals surface area contributed by atoms with E-state index in [0.29, 0.717) is 0 Å². The van der Waals surface area contributed by atoms with Crippen molar-refractivity contribution in [3.05, 3.63) is 42.0 Å². The summed E-state index contributed by atoms with van der Waals surface area (Å²) in [6, 6.07) is 10.2. The smallest absolute Gasteiger partial charge is 0.118 e. The van der Waals surface area contributed by atoms with Crippen molar-refractivity contribution in [1.29, 1.82) is 5.26 Å². The summed E-state index contributed by atoms with van der Waals surface area (Å²) < 4.78 is 5.10. The van der Waals surface area contributed by atoms with Gasteiger partial charge in [0.25, 0.3) is 0 Å². The summed E-state index contributed by atoms with van der Waals surface area (Å²) >= 11 is 0. The number of rotatable bonds is 2. The lowest BCUT2D eigenvalue weighted by Gasteiger charge is -2.20. The summed E-state index contributed by atoms with van der Waals surface area (Å²) in [7, 11) is 1.65. The molecule has 0 fully saturated rings. The highest BCUT2D eigenvalue weighted by molar-refractivity contribution is 5.40. The molecule has 0 bridgehead atoms. The second-order valence-electron chi connectivity index (χ2n) is 3.80. The molecule has 0 heterocycles. The zero-order valence-corrected chi connectivity index (χ0v) is 8.73. The Morgan fingerprint density at radius 1 is 1.20 bits per heavy atom. The number of allylic oxidation sites excluding steroid dienone is 2. The predicted molar refractivity (Wildman–Crippen MR) is 58.7 cm³/mol. The van der Waals surface area contributed by atoms with Gasteiger partial charge in [-0.15, -0.1) is 0 Å². The molecule has 0 N–H and O–H groups in total. The fourth-order valence-corrected chi connectivity index (χ4v) is 1.95. The minimum atomic E-state index is -0.341. The van der Waals surface area contributed by atoms with E-state index in [1.54, 1.807) is 7.11 Å². The predicted octanol–water partition coefficient (Wildman–Crippen LogP) is 2.81. The Kier molecular flexibility index (Phi) is 2.47. The van der Waals surface area contributed by atoms with Crippen LogP contribution in [0.5, 0.6) is 5.75 Å².